The zero-order chi connectivity index (χ0) is 15.0. The molecule has 1 aromatic carbocycles. The third-order valence-electron chi connectivity index (χ3n) is 5.07. The SMILES string of the molecule is CCC1(CC)CC(n2c(N)nc3c(C)cccc32)CCO1. The Labute approximate surface area is 126 Å². The molecule has 3 rings (SSSR count). The molecule has 0 saturated carbocycles. The maximum absolute atomic E-state index is 6.24. The summed E-state index contributed by atoms with van der Waals surface area (Å²) in [6.07, 6.45) is 4.12. The highest BCUT2D eigenvalue weighted by Gasteiger charge is 2.36. The summed E-state index contributed by atoms with van der Waals surface area (Å²) in [5, 5.41) is 0. The number of benzene rings is 1. The average molecular weight is 287 g/mol. The molecule has 1 atom stereocenters. The van der Waals surface area contributed by atoms with Crippen LogP contribution in [0, 0.1) is 6.92 Å². The number of nitrogens with two attached hydrogens (primary N) is 1. The first-order chi connectivity index (χ1) is 10.1. The van der Waals surface area contributed by atoms with E-state index in [0.717, 1.165) is 43.3 Å². The monoisotopic (exact) mass is 287 g/mol. The van der Waals surface area contributed by atoms with Gasteiger partial charge in [0.2, 0.25) is 5.95 Å². The highest BCUT2D eigenvalue weighted by Crippen LogP contribution is 2.39. The molecule has 4 nitrogen and oxygen atoms in total. The van der Waals surface area contributed by atoms with Crippen molar-refractivity contribution in [3.8, 4) is 0 Å². The predicted octanol–water partition coefficient (Wildman–Crippen LogP) is 3.84. The van der Waals surface area contributed by atoms with Gasteiger partial charge in [-0.1, -0.05) is 26.0 Å². The van der Waals surface area contributed by atoms with Gasteiger partial charge in [0.05, 0.1) is 16.6 Å². The normalized spacial score (nSPS) is 21.8. The number of anilines is 1. The number of hydrogen-bond acceptors (Lipinski definition) is 3. The molecule has 114 valence electrons. The van der Waals surface area contributed by atoms with Crippen LogP contribution in [0.3, 0.4) is 0 Å². The average Bonchev–Trinajstić information content (AvgIpc) is 2.85. The molecule has 2 N–H and O–H groups in total. The second-order valence-electron chi connectivity index (χ2n) is 6.17. The van der Waals surface area contributed by atoms with Crippen molar-refractivity contribution in [1.29, 1.82) is 0 Å². The van der Waals surface area contributed by atoms with Gasteiger partial charge in [-0.25, -0.2) is 4.98 Å². The van der Waals surface area contributed by atoms with Crippen molar-refractivity contribution in [2.24, 2.45) is 0 Å². The van der Waals surface area contributed by atoms with Gasteiger partial charge < -0.3 is 15.0 Å². The molecule has 2 aromatic rings. The van der Waals surface area contributed by atoms with Crippen LogP contribution in [0.1, 0.15) is 51.1 Å². The second-order valence-corrected chi connectivity index (χ2v) is 6.17. The summed E-state index contributed by atoms with van der Waals surface area (Å²) in [6, 6.07) is 6.68. The standard InChI is InChI=1S/C17H25N3O/c1-4-17(5-2)11-13(9-10-21-17)20-14-8-6-7-12(3)15(14)19-16(20)18/h6-8,13H,4-5,9-11H2,1-3H3,(H2,18,19). The molecular formula is C17H25N3O. The Morgan fingerprint density at radius 1 is 1.38 bits per heavy atom. The van der Waals surface area contributed by atoms with E-state index >= 15 is 0 Å². The third-order valence-corrected chi connectivity index (χ3v) is 5.07. The lowest BCUT2D eigenvalue weighted by Crippen LogP contribution is -2.39. The van der Waals surface area contributed by atoms with E-state index < -0.39 is 0 Å². The number of ether oxygens (including phenoxy) is 1. The summed E-state index contributed by atoms with van der Waals surface area (Å²) in [6.45, 7) is 7.32. The van der Waals surface area contributed by atoms with Gasteiger partial charge in [-0.2, -0.15) is 0 Å². The first-order valence-corrected chi connectivity index (χ1v) is 7.97. The third kappa shape index (κ3) is 2.31. The van der Waals surface area contributed by atoms with Crippen LogP contribution in [0.5, 0.6) is 0 Å². The quantitative estimate of drug-likeness (QED) is 0.933. The van der Waals surface area contributed by atoms with Crippen molar-refractivity contribution in [3.05, 3.63) is 23.8 Å². The molecule has 1 aromatic heterocycles. The number of hydrogen-bond donors (Lipinski definition) is 1. The lowest BCUT2D eigenvalue weighted by atomic mass is 9.85. The molecule has 21 heavy (non-hydrogen) atoms. The van der Waals surface area contributed by atoms with E-state index in [-0.39, 0.29) is 5.60 Å². The van der Waals surface area contributed by atoms with E-state index in [1.54, 1.807) is 0 Å². The number of imidazole rings is 1. The Hall–Kier alpha value is -1.55. The van der Waals surface area contributed by atoms with Gasteiger partial charge in [0.1, 0.15) is 0 Å². The van der Waals surface area contributed by atoms with Gasteiger partial charge in [0.15, 0.2) is 0 Å². The van der Waals surface area contributed by atoms with Gasteiger partial charge in [0.25, 0.3) is 0 Å². The topological polar surface area (TPSA) is 53.1 Å². The molecule has 1 fully saturated rings. The summed E-state index contributed by atoms with van der Waals surface area (Å²) in [7, 11) is 0. The summed E-state index contributed by atoms with van der Waals surface area (Å²) in [5.74, 6) is 0.632. The maximum atomic E-state index is 6.24. The molecule has 1 unspecified atom stereocenters. The maximum Gasteiger partial charge on any atom is 0.201 e. The lowest BCUT2D eigenvalue weighted by Gasteiger charge is -2.40. The first kappa shape index (κ1) is 14.4. The number of nitrogen functional groups attached to an aromatic ring is 1. The molecule has 2 heterocycles. The van der Waals surface area contributed by atoms with E-state index in [2.05, 4.69) is 48.5 Å². The van der Waals surface area contributed by atoms with Crippen LogP contribution in [-0.4, -0.2) is 21.8 Å². The van der Waals surface area contributed by atoms with E-state index in [4.69, 9.17) is 10.5 Å². The van der Waals surface area contributed by atoms with Gasteiger partial charge in [-0.05, 0) is 44.2 Å². The molecule has 1 saturated heterocycles. The Morgan fingerprint density at radius 2 is 2.14 bits per heavy atom. The van der Waals surface area contributed by atoms with E-state index in [1.807, 2.05) is 0 Å². The molecule has 4 heteroatoms. The van der Waals surface area contributed by atoms with E-state index in [1.165, 1.54) is 5.56 Å². The van der Waals surface area contributed by atoms with Crippen molar-refractivity contribution in [3.63, 3.8) is 0 Å². The molecule has 0 amide bonds. The largest absolute Gasteiger partial charge is 0.375 e. The number of aryl methyl sites for hydroxylation is 1. The predicted molar refractivity (Wildman–Crippen MR) is 86.4 cm³/mol. The first-order valence-electron chi connectivity index (χ1n) is 7.97. The van der Waals surface area contributed by atoms with Gasteiger partial charge >= 0.3 is 0 Å². The van der Waals surface area contributed by atoms with Crippen LogP contribution in [0.25, 0.3) is 11.0 Å². The van der Waals surface area contributed by atoms with Crippen molar-refractivity contribution in [2.75, 3.05) is 12.3 Å². The molecule has 1 aliphatic rings. The van der Waals surface area contributed by atoms with Crippen LogP contribution in [0.2, 0.25) is 0 Å². The molecular weight excluding hydrogens is 262 g/mol. The lowest BCUT2D eigenvalue weighted by molar-refractivity contribution is -0.0979. The van der Waals surface area contributed by atoms with Crippen LogP contribution in [-0.2, 0) is 4.74 Å². The van der Waals surface area contributed by atoms with Gasteiger partial charge in [-0.3, -0.25) is 0 Å². The van der Waals surface area contributed by atoms with Gasteiger partial charge in [-0.15, -0.1) is 0 Å². The Balaban J connectivity index is 2.04. The van der Waals surface area contributed by atoms with Crippen LogP contribution >= 0.6 is 0 Å². The van der Waals surface area contributed by atoms with E-state index in [9.17, 15) is 0 Å². The molecule has 0 radical (unpaired) electrons. The summed E-state index contributed by atoms with van der Waals surface area (Å²) >= 11 is 0. The van der Waals surface area contributed by atoms with Crippen molar-refractivity contribution in [1.82, 2.24) is 9.55 Å². The smallest absolute Gasteiger partial charge is 0.201 e. The van der Waals surface area contributed by atoms with Crippen LogP contribution in [0.4, 0.5) is 5.95 Å². The highest BCUT2D eigenvalue weighted by molar-refractivity contribution is 5.81. The van der Waals surface area contributed by atoms with Crippen molar-refractivity contribution >= 4 is 17.0 Å². The van der Waals surface area contributed by atoms with Crippen molar-refractivity contribution < 1.29 is 4.74 Å². The summed E-state index contributed by atoms with van der Waals surface area (Å²) in [4.78, 5) is 4.59. The molecule has 0 spiro atoms. The Morgan fingerprint density at radius 3 is 2.86 bits per heavy atom. The summed E-state index contributed by atoms with van der Waals surface area (Å²) < 4.78 is 8.32. The fourth-order valence-corrected chi connectivity index (χ4v) is 3.62. The zero-order valence-electron chi connectivity index (χ0n) is 13.2. The highest BCUT2D eigenvalue weighted by atomic mass is 16.5. The fourth-order valence-electron chi connectivity index (χ4n) is 3.62. The number of aromatic nitrogens is 2. The zero-order valence-corrected chi connectivity index (χ0v) is 13.2. The van der Waals surface area contributed by atoms with Crippen molar-refractivity contribution in [2.45, 2.75) is 58.1 Å². The van der Waals surface area contributed by atoms with Crippen LogP contribution < -0.4 is 5.73 Å². The van der Waals surface area contributed by atoms with E-state index in [0.29, 0.717) is 12.0 Å². The number of fused-ring (bicyclic) bond motifs is 1. The number of para-hydroxylation sites is 1. The van der Waals surface area contributed by atoms with Gasteiger partial charge in [0, 0.05) is 12.6 Å². The molecule has 1 aliphatic heterocycles. The number of rotatable bonds is 3. The Bertz CT molecular complexity index is 643. The number of nitrogens with zero attached hydrogens (tertiary/aromatic N) is 2. The molecule has 0 aliphatic carbocycles. The fraction of sp³-hybridized carbons (Fsp3) is 0.588. The minimum Gasteiger partial charge on any atom is -0.375 e. The minimum absolute atomic E-state index is 0.00419. The summed E-state index contributed by atoms with van der Waals surface area (Å²) in [5.41, 5.74) is 9.60. The van der Waals surface area contributed by atoms with Crippen LogP contribution in [0.15, 0.2) is 18.2 Å². The Kier molecular flexibility index (Phi) is 3.66. The second kappa shape index (κ2) is 5.34. The minimum atomic E-state index is -0.00419. The molecule has 0 bridgehead atoms.